The number of hydrogen-bond acceptors (Lipinski definition) is 10. The van der Waals surface area contributed by atoms with E-state index in [9.17, 15) is 48.6 Å². The minimum Gasteiger partial charge on any atom is -0.392 e. The summed E-state index contributed by atoms with van der Waals surface area (Å²) in [4.78, 5) is 106. The number of amides is 7. The van der Waals surface area contributed by atoms with Gasteiger partial charge in [-0.15, -0.1) is 0 Å². The summed E-state index contributed by atoms with van der Waals surface area (Å²) in [5.41, 5.74) is -3.27. The Hall–Kier alpha value is -4.90. The molecule has 60 heavy (non-hydrogen) atoms. The second-order valence-electron chi connectivity index (χ2n) is 18.1. The van der Waals surface area contributed by atoms with Crippen molar-refractivity contribution in [2.24, 2.45) is 28.1 Å². The van der Waals surface area contributed by atoms with Gasteiger partial charge in [-0.2, -0.15) is 0 Å². The van der Waals surface area contributed by atoms with Crippen molar-refractivity contribution < 1.29 is 48.6 Å². The topological polar surface area (TPSA) is 261 Å². The zero-order valence-electron chi connectivity index (χ0n) is 37.4. The molecule has 7 amide bonds. The molecule has 0 aliphatic rings. The fraction of sp³-hybridized carbons (Fsp3) is 0.674. The standard InChI is InChI=1S/C43H71N7O10/c1-26(2)17-31(36(56)45-21-33(53)27(3)4)50-37(57)32(18-30-15-13-12-14-16-30)49-35(55)23-48-40(60)43(11,24-41(7,8)38(58)46-20-29(6)52)25-42(9,10)39(59)47-22-34(54)44-19-28(5)51/h12-16,26-29,31-32,51-52H,17-25H2,1-11H3,(H,44,54)(H,45,56)(H,46,58)(H,47,59)(H,48,60)(H,49,55)(H,50,57)/t28?,29?,31-,32-,43?/m0/s1. The van der Waals surface area contributed by atoms with Gasteiger partial charge in [-0.1, -0.05) is 92.6 Å². The predicted molar refractivity (Wildman–Crippen MR) is 227 cm³/mol. The summed E-state index contributed by atoms with van der Waals surface area (Å²) in [6, 6.07) is 6.70. The molecule has 0 aliphatic heterocycles. The van der Waals surface area contributed by atoms with Gasteiger partial charge in [-0.3, -0.25) is 38.4 Å². The van der Waals surface area contributed by atoms with Crippen LogP contribution in [0, 0.1) is 28.1 Å². The fourth-order valence-corrected chi connectivity index (χ4v) is 6.69. The Morgan fingerprint density at radius 3 is 1.58 bits per heavy atom. The minimum absolute atomic E-state index is 0.00859. The zero-order valence-corrected chi connectivity index (χ0v) is 37.4. The molecular weight excluding hydrogens is 775 g/mol. The van der Waals surface area contributed by atoms with Gasteiger partial charge in [0.15, 0.2) is 5.78 Å². The van der Waals surface area contributed by atoms with Crippen LogP contribution >= 0.6 is 0 Å². The summed E-state index contributed by atoms with van der Waals surface area (Å²) in [5, 5.41) is 37.6. The van der Waals surface area contributed by atoms with Gasteiger partial charge in [0.1, 0.15) is 12.1 Å². The molecule has 0 fully saturated rings. The zero-order chi connectivity index (χ0) is 46.0. The van der Waals surface area contributed by atoms with E-state index >= 15 is 0 Å². The van der Waals surface area contributed by atoms with Crippen molar-refractivity contribution in [3.63, 3.8) is 0 Å². The molecule has 0 aromatic heterocycles. The highest BCUT2D eigenvalue weighted by Gasteiger charge is 2.47. The Morgan fingerprint density at radius 2 is 1.07 bits per heavy atom. The van der Waals surface area contributed by atoms with E-state index < -0.39 is 88.4 Å². The van der Waals surface area contributed by atoms with Crippen LogP contribution in [0.1, 0.15) is 101 Å². The predicted octanol–water partition coefficient (Wildman–Crippen LogP) is 0.651. The molecule has 0 bridgehead atoms. The number of benzene rings is 1. The maximum absolute atomic E-state index is 14.2. The molecule has 0 radical (unpaired) electrons. The largest absolute Gasteiger partial charge is 0.392 e. The summed E-state index contributed by atoms with van der Waals surface area (Å²) in [6.07, 6.45) is -1.56. The maximum Gasteiger partial charge on any atom is 0.243 e. The molecule has 9 N–H and O–H groups in total. The van der Waals surface area contributed by atoms with Crippen molar-refractivity contribution in [2.75, 3.05) is 32.7 Å². The molecule has 0 heterocycles. The van der Waals surface area contributed by atoms with Crippen LogP contribution < -0.4 is 37.2 Å². The number of rotatable bonds is 26. The van der Waals surface area contributed by atoms with E-state index in [4.69, 9.17) is 0 Å². The molecule has 1 aromatic carbocycles. The first-order valence-electron chi connectivity index (χ1n) is 20.6. The van der Waals surface area contributed by atoms with E-state index in [-0.39, 0.29) is 69.5 Å². The normalized spacial score (nSPS) is 14.7. The van der Waals surface area contributed by atoms with Crippen molar-refractivity contribution >= 4 is 47.1 Å². The van der Waals surface area contributed by atoms with Crippen LogP contribution in [0.25, 0.3) is 0 Å². The van der Waals surface area contributed by atoms with Gasteiger partial charge in [-0.05, 0) is 44.6 Å². The third kappa shape index (κ3) is 19.4. The van der Waals surface area contributed by atoms with Gasteiger partial charge in [0.25, 0.3) is 0 Å². The molecule has 338 valence electrons. The number of aliphatic hydroxyl groups is 2. The average molecular weight is 846 g/mol. The third-order valence-electron chi connectivity index (χ3n) is 9.77. The molecule has 0 saturated carbocycles. The Labute approximate surface area is 355 Å². The van der Waals surface area contributed by atoms with Gasteiger partial charge in [0.05, 0.1) is 31.8 Å². The number of Topliss-reactive ketones (excluding diaryl/α,β-unsaturated/α-hetero) is 1. The maximum atomic E-state index is 14.2. The first-order valence-corrected chi connectivity index (χ1v) is 20.6. The van der Waals surface area contributed by atoms with Crippen molar-refractivity contribution in [3.8, 4) is 0 Å². The first-order chi connectivity index (χ1) is 27.7. The number of carbonyl (C=O) groups excluding carboxylic acids is 8. The minimum atomic E-state index is -1.48. The SMILES string of the molecule is CC(C)C[C@H](NC(=O)[C@H](Cc1ccccc1)NC(=O)CNC(=O)C(C)(CC(C)(C)C(=O)NCC(=O)NCC(C)O)CC(C)(C)C(=O)NCC(C)O)C(=O)NCC(=O)C(C)C. The highest BCUT2D eigenvalue weighted by molar-refractivity contribution is 5.95. The lowest BCUT2D eigenvalue weighted by atomic mass is 9.65. The molecule has 1 aromatic rings. The molecular formula is C43H71N7O10. The van der Waals surface area contributed by atoms with Crippen molar-refractivity contribution in [2.45, 2.75) is 126 Å². The first kappa shape index (κ1) is 53.1. The summed E-state index contributed by atoms with van der Waals surface area (Å²) >= 11 is 0. The van der Waals surface area contributed by atoms with Crippen LogP contribution in [0.5, 0.6) is 0 Å². The number of hydrogen-bond donors (Lipinski definition) is 9. The van der Waals surface area contributed by atoms with Gasteiger partial charge in [0, 0.05) is 41.7 Å². The second-order valence-corrected chi connectivity index (χ2v) is 18.1. The van der Waals surface area contributed by atoms with Crippen LogP contribution in [-0.4, -0.2) is 114 Å². The number of ketones is 1. The van der Waals surface area contributed by atoms with E-state index in [1.807, 2.05) is 13.8 Å². The van der Waals surface area contributed by atoms with Crippen molar-refractivity contribution in [1.29, 1.82) is 0 Å². The summed E-state index contributed by atoms with van der Waals surface area (Å²) < 4.78 is 0. The van der Waals surface area contributed by atoms with Crippen molar-refractivity contribution in [1.82, 2.24) is 37.2 Å². The second kappa shape index (κ2) is 24.4. The van der Waals surface area contributed by atoms with E-state index in [1.54, 1.807) is 78.8 Å². The lowest BCUT2D eigenvalue weighted by Gasteiger charge is -2.40. The number of carbonyl (C=O) groups is 8. The summed E-state index contributed by atoms with van der Waals surface area (Å²) in [7, 11) is 0. The highest BCUT2D eigenvalue weighted by atomic mass is 16.3. The molecule has 5 atom stereocenters. The van der Waals surface area contributed by atoms with E-state index in [1.165, 1.54) is 13.8 Å². The van der Waals surface area contributed by atoms with Crippen molar-refractivity contribution in [3.05, 3.63) is 35.9 Å². The van der Waals surface area contributed by atoms with E-state index in [0.29, 0.717) is 5.56 Å². The van der Waals surface area contributed by atoms with Crippen LogP contribution in [0.2, 0.25) is 0 Å². The molecule has 0 spiro atoms. The quantitative estimate of drug-likeness (QED) is 0.0629. The third-order valence-corrected chi connectivity index (χ3v) is 9.77. The Morgan fingerprint density at radius 1 is 0.567 bits per heavy atom. The monoisotopic (exact) mass is 846 g/mol. The lowest BCUT2D eigenvalue weighted by molar-refractivity contribution is -0.142. The van der Waals surface area contributed by atoms with Crippen LogP contribution in [0.15, 0.2) is 30.3 Å². The lowest BCUT2D eigenvalue weighted by Crippen LogP contribution is -2.56. The summed E-state index contributed by atoms with van der Waals surface area (Å²) in [5.74, 6) is -4.62. The number of aliphatic hydroxyl groups excluding tert-OH is 2. The number of nitrogens with one attached hydrogen (secondary N) is 7. The van der Waals surface area contributed by atoms with E-state index in [0.717, 1.165) is 0 Å². The van der Waals surface area contributed by atoms with Gasteiger partial charge >= 0.3 is 0 Å². The van der Waals surface area contributed by atoms with Gasteiger partial charge in [0.2, 0.25) is 41.4 Å². The Bertz CT molecular complexity index is 1630. The fourth-order valence-electron chi connectivity index (χ4n) is 6.69. The highest BCUT2D eigenvalue weighted by Crippen LogP contribution is 2.43. The average Bonchev–Trinajstić information content (AvgIpc) is 3.14. The molecule has 1 rings (SSSR count). The molecule has 17 heteroatoms. The molecule has 17 nitrogen and oxygen atoms in total. The van der Waals surface area contributed by atoms with Gasteiger partial charge in [-0.25, -0.2) is 0 Å². The molecule has 0 aliphatic carbocycles. The van der Waals surface area contributed by atoms with Crippen LogP contribution in [-0.2, 0) is 44.8 Å². The smallest absolute Gasteiger partial charge is 0.243 e. The summed E-state index contributed by atoms with van der Waals surface area (Å²) in [6.45, 7) is 16.9. The molecule has 3 unspecified atom stereocenters. The Balaban J connectivity index is 3.35. The van der Waals surface area contributed by atoms with Crippen LogP contribution in [0.3, 0.4) is 0 Å². The Kier molecular flexibility index (Phi) is 21.6. The van der Waals surface area contributed by atoms with Gasteiger partial charge < -0.3 is 47.4 Å². The van der Waals surface area contributed by atoms with Crippen LogP contribution in [0.4, 0.5) is 0 Å². The molecule has 0 saturated heterocycles. The van der Waals surface area contributed by atoms with E-state index in [2.05, 4.69) is 37.2 Å².